The van der Waals surface area contributed by atoms with Crippen LogP contribution in [0.4, 0.5) is 0 Å². The molecule has 0 fully saturated rings. The molecule has 122 valence electrons. The maximum Gasteiger partial charge on any atom is 0.338 e. The number of allylic oxidation sites excluding steroid dienone is 1. The Balaban J connectivity index is 2.55. The van der Waals surface area contributed by atoms with E-state index in [1.165, 1.54) is 7.11 Å². The Morgan fingerprint density at radius 1 is 1.26 bits per heavy atom. The van der Waals surface area contributed by atoms with Gasteiger partial charge in [0.05, 0.1) is 30.9 Å². The molecule has 0 aliphatic carbocycles. The number of carbonyl (C=O) groups excluding carboxylic acids is 2. The first-order chi connectivity index (χ1) is 11.0. The van der Waals surface area contributed by atoms with Gasteiger partial charge in [0.15, 0.2) is 5.11 Å². The average Bonchev–Trinajstić information content (AvgIpc) is 2.53. The van der Waals surface area contributed by atoms with E-state index in [-0.39, 0.29) is 6.61 Å². The summed E-state index contributed by atoms with van der Waals surface area (Å²) in [5.41, 5.74) is 1.95. The highest BCUT2D eigenvalue weighted by Gasteiger charge is 2.33. The molecular formula is C16H18N2O4S. The Morgan fingerprint density at radius 3 is 2.61 bits per heavy atom. The van der Waals surface area contributed by atoms with E-state index in [9.17, 15) is 9.59 Å². The second kappa shape index (κ2) is 7.23. The van der Waals surface area contributed by atoms with Crippen molar-refractivity contribution in [1.29, 1.82) is 0 Å². The summed E-state index contributed by atoms with van der Waals surface area (Å²) in [4.78, 5) is 24.3. The highest BCUT2D eigenvalue weighted by Crippen LogP contribution is 2.30. The number of ether oxygens (including phenoxy) is 2. The average molecular weight is 334 g/mol. The molecule has 6 nitrogen and oxygen atoms in total. The second-order valence-corrected chi connectivity index (χ2v) is 5.28. The fraction of sp³-hybridized carbons (Fsp3) is 0.312. The fourth-order valence-electron chi connectivity index (χ4n) is 2.45. The number of thiocarbonyl (C=S) groups is 1. The van der Waals surface area contributed by atoms with E-state index in [1.54, 1.807) is 38.1 Å². The van der Waals surface area contributed by atoms with Crippen LogP contribution in [0.25, 0.3) is 0 Å². The zero-order valence-electron chi connectivity index (χ0n) is 13.1. The highest BCUT2D eigenvalue weighted by molar-refractivity contribution is 7.80. The van der Waals surface area contributed by atoms with Crippen LogP contribution in [0, 0.1) is 0 Å². The van der Waals surface area contributed by atoms with E-state index >= 15 is 0 Å². The molecule has 2 N–H and O–H groups in total. The van der Waals surface area contributed by atoms with Gasteiger partial charge in [-0.05, 0) is 37.7 Å². The van der Waals surface area contributed by atoms with E-state index in [0.29, 0.717) is 27.5 Å². The first-order valence-electron chi connectivity index (χ1n) is 7.12. The van der Waals surface area contributed by atoms with Gasteiger partial charge in [-0.2, -0.15) is 0 Å². The summed E-state index contributed by atoms with van der Waals surface area (Å²) < 4.78 is 9.95. The first-order valence-corrected chi connectivity index (χ1v) is 7.53. The quantitative estimate of drug-likeness (QED) is 0.642. The molecule has 0 aromatic heterocycles. The summed E-state index contributed by atoms with van der Waals surface area (Å²) in [5, 5.41) is 6.31. The van der Waals surface area contributed by atoms with Crippen molar-refractivity contribution < 1.29 is 19.1 Å². The molecule has 1 aromatic carbocycles. The minimum absolute atomic E-state index is 0.255. The Morgan fingerprint density at radius 2 is 1.96 bits per heavy atom. The molecule has 0 spiro atoms. The summed E-state index contributed by atoms with van der Waals surface area (Å²) in [6, 6.07) is 6.33. The maximum absolute atomic E-state index is 12.3. The van der Waals surface area contributed by atoms with Crippen molar-refractivity contribution in [3.05, 3.63) is 46.7 Å². The number of methoxy groups -OCH3 is 1. The van der Waals surface area contributed by atoms with Crippen LogP contribution in [0.5, 0.6) is 0 Å². The van der Waals surface area contributed by atoms with Crippen LogP contribution in [-0.2, 0) is 14.3 Å². The predicted molar refractivity (Wildman–Crippen MR) is 88.7 cm³/mol. The molecule has 1 heterocycles. The standard InChI is InChI=1S/C16H18N2O4S/c1-4-22-15(20)12-9(2)17-16(23)18-13(12)10-7-5-6-8-11(10)14(19)21-3/h5-8,13H,4H2,1-3H3,(H2,17,18,23)/t13-/m0/s1. The third-order valence-corrected chi connectivity index (χ3v) is 3.66. The molecule has 23 heavy (non-hydrogen) atoms. The number of rotatable bonds is 4. The Kier molecular flexibility index (Phi) is 5.33. The number of benzene rings is 1. The molecule has 0 bridgehead atoms. The third-order valence-electron chi connectivity index (χ3n) is 3.44. The molecule has 0 saturated carbocycles. The monoisotopic (exact) mass is 334 g/mol. The second-order valence-electron chi connectivity index (χ2n) is 4.87. The van der Waals surface area contributed by atoms with Crippen molar-refractivity contribution in [2.45, 2.75) is 19.9 Å². The van der Waals surface area contributed by atoms with Crippen LogP contribution in [0.3, 0.4) is 0 Å². The van der Waals surface area contributed by atoms with E-state index < -0.39 is 18.0 Å². The van der Waals surface area contributed by atoms with E-state index in [4.69, 9.17) is 21.7 Å². The van der Waals surface area contributed by atoms with Crippen LogP contribution < -0.4 is 10.6 Å². The minimum Gasteiger partial charge on any atom is -0.465 e. The summed E-state index contributed by atoms with van der Waals surface area (Å²) in [7, 11) is 1.31. The lowest BCUT2D eigenvalue weighted by Crippen LogP contribution is -2.45. The lowest BCUT2D eigenvalue weighted by atomic mass is 9.92. The maximum atomic E-state index is 12.3. The van der Waals surface area contributed by atoms with Gasteiger partial charge >= 0.3 is 11.9 Å². The summed E-state index contributed by atoms with van der Waals surface area (Å²) in [6.07, 6.45) is 0. The summed E-state index contributed by atoms with van der Waals surface area (Å²) in [5.74, 6) is -0.940. The van der Waals surface area contributed by atoms with E-state index in [1.807, 2.05) is 0 Å². The first kappa shape index (κ1) is 17.0. The lowest BCUT2D eigenvalue weighted by molar-refractivity contribution is -0.139. The van der Waals surface area contributed by atoms with Crippen molar-refractivity contribution in [3.8, 4) is 0 Å². The van der Waals surface area contributed by atoms with Gasteiger partial charge in [0.2, 0.25) is 0 Å². The molecule has 0 radical (unpaired) electrons. The van der Waals surface area contributed by atoms with E-state index in [0.717, 1.165) is 0 Å². The smallest absolute Gasteiger partial charge is 0.338 e. The Hall–Kier alpha value is -2.41. The van der Waals surface area contributed by atoms with Crippen molar-refractivity contribution in [3.63, 3.8) is 0 Å². The zero-order chi connectivity index (χ0) is 17.0. The van der Waals surface area contributed by atoms with Crippen LogP contribution in [-0.4, -0.2) is 30.8 Å². The summed E-state index contributed by atoms with van der Waals surface area (Å²) in [6.45, 7) is 3.73. The highest BCUT2D eigenvalue weighted by atomic mass is 32.1. The van der Waals surface area contributed by atoms with Crippen LogP contribution in [0.1, 0.15) is 35.8 Å². The molecule has 1 aromatic rings. The van der Waals surface area contributed by atoms with Gasteiger partial charge in [0.1, 0.15) is 0 Å². The van der Waals surface area contributed by atoms with Gasteiger partial charge in [-0.1, -0.05) is 18.2 Å². The molecule has 1 aliphatic heterocycles. The van der Waals surface area contributed by atoms with Gasteiger partial charge in [-0.15, -0.1) is 0 Å². The molecule has 0 amide bonds. The third kappa shape index (κ3) is 3.50. The SMILES string of the molecule is CCOC(=O)C1=C(C)NC(=S)N[C@H]1c1ccccc1C(=O)OC. The Bertz CT molecular complexity index is 684. The number of hydrogen-bond acceptors (Lipinski definition) is 5. The molecule has 7 heteroatoms. The summed E-state index contributed by atoms with van der Waals surface area (Å²) >= 11 is 5.18. The van der Waals surface area contributed by atoms with Crippen LogP contribution in [0.15, 0.2) is 35.5 Å². The number of carbonyl (C=O) groups is 2. The number of nitrogens with one attached hydrogen (secondary N) is 2. The fourth-order valence-corrected chi connectivity index (χ4v) is 2.72. The largest absolute Gasteiger partial charge is 0.465 e. The van der Waals surface area contributed by atoms with E-state index in [2.05, 4.69) is 10.6 Å². The van der Waals surface area contributed by atoms with Crippen molar-refractivity contribution >= 4 is 29.3 Å². The molecular weight excluding hydrogens is 316 g/mol. The van der Waals surface area contributed by atoms with Crippen molar-refractivity contribution in [2.24, 2.45) is 0 Å². The normalized spacial score (nSPS) is 17.2. The van der Waals surface area contributed by atoms with Crippen LogP contribution in [0.2, 0.25) is 0 Å². The molecule has 1 aliphatic rings. The minimum atomic E-state index is -0.585. The van der Waals surface area contributed by atoms with Gasteiger partial charge in [-0.3, -0.25) is 0 Å². The van der Waals surface area contributed by atoms with Crippen molar-refractivity contribution in [1.82, 2.24) is 10.6 Å². The van der Waals surface area contributed by atoms with Gasteiger partial charge < -0.3 is 20.1 Å². The van der Waals surface area contributed by atoms with Gasteiger partial charge in [0, 0.05) is 5.70 Å². The molecule has 0 unspecified atom stereocenters. The van der Waals surface area contributed by atoms with Crippen LogP contribution >= 0.6 is 12.2 Å². The van der Waals surface area contributed by atoms with Gasteiger partial charge in [-0.25, -0.2) is 9.59 Å². The Labute approximate surface area is 139 Å². The lowest BCUT2D eigenvalue weighted by Gasteiger charge is -2.30. The number of hydrogen-bond donors (Lipinski definition) is 2. The van der Waals surface area contributed by atoms with Crippen molar-refractivity contribution in [2.75, 3.05) is 13.7 Å². The topological polar surface area (TPSA) is 76.7 Å². The number of esters is 2. The molecule has 1 atom stereocenters. The molecule has 2 rings (SSSR count). The van der Waals surface area contributed by atoms with Gasteiger partial charge in [0.25, 0.3) is 0 Å². The zero-order valence-corrected chi connectivity index (χ0v) is 14.0. The predicted octanol–water partition coefficient (Wildman–Crippen LogP) is 1.83. The molecule has 0 saturated heterocycles.